The monoisotopic (exact) mass is 226 g/mol. The topological polar surface area (TPSA) is 52.6 Å². The van der Waals surface area contributed by atoms with E-state index in [4.69, 9.17) is 9.47 Å². The summed E-state index contributed by atoms with van der Waals surface area (Å²) in [5.41, 5.74) is -0.540. The third kappa shape index (κ3) is 1.93. The van der Waals surface area contributed by atoms with Crippen LogP contribution < -0.4 is 0 Å². The van der Waals surface area contributed by atoms with Gasteiger partial charge in [0, 0.05) is 0 Å². The smallest absolute Gasteiger partial charge is 0.313 e. The van der Waals surface area contributed by atoms with Gasteiger partial charge in [0.2, 0.25) is 0 Å². The highest BCUT2D eigenvalue weighted by atomic mass is 16.6. The zero-order chi connectivity index (χ0) is 11.6. The lowest BCUT2D eigenvalue weighted by molar-refractivity contribution is -0.161. The summed E-state index contributed by atoms with van der Waals surface area (Å²) in [6, 6.07) is 0. The molecular weight excluding hydrogens is 208 g/mol. The summed E-state index contributed by atoms with van der Waals surface area (Å²) in [6.45, 7) is 2.14. The Morgan fingerprint density at radius 3 is 2.75 bits per heavy atom. The van der Waals surface area contributed by atoms with Gasteiger partial charge in [-0.3, -0.25) is 9.59 Å². The first kappa shape index (κ1) is 11.4. The molecule has 16 heavy (non-hydrogen) atoms. The van der Waals surface area contributed by atoms with Gasteiger partial charge in [0.25, 0.3) is 0 Å². The molecule has 0 radical (unpaired) electrons. The van der Waals surface area contributed by atoms with Gasteiger partial charge < -0.3 is 9.47 Å². The Labute approximate surface area is 95.3 Å². The highest BCUT2D eigenvalue weighted by Crippen LogP contribution is 2.44. The molecule has 0 aromatic rings. The van der Waals surface area contributed by atoms with Gasteiger partial charge in [0.1, 0.15) is 11.5 Å². The van der Waals surface area contributed by atoms with E-state index in [1.165, 1.54) is 0 Å². The summed E-state index contributed by atoms with van der Waals surface area (Å²) in [5.74, 6) is -0.893. The number of esters is 2. The van der Waals surface area contributed by atoms with E-state index >= 15 is 0 Å². The van der Waals surface area contributed by atoms with Crippen LogP contribution in [0.25, 0.3) is 0 Å². The molecule has 1 unspecified atom stereocenters. The molecule has 0 amide bonds. The minimum atomic E-state index is -0.540. The maximum atomic E-state index is 11.8. The zero-order valence-electron chi connectivity index (χ0n) is 9.66. The Morgan fingerprint density at radius 1 is 1.44 bits per heavy atom. The molecule has 0 N–H and O–H groups in total. The van der Waals surface area contributed by atoms with Crippen molar-refractivity contribution < 1.29 is 19.1 Å². The Hall–Kier alpha value is -1.06. The van der Waals surface area contributed by atoms with E-state index in [2.05, 4.69) is 0 Å². The van der Waals surface area contributed by atoms with Crippen molar-refractivity contribution in [1.29, 1.82) is 0 Å². The predicted molar refractivity (Wildman–Crippen MR) is 56.6 cm³/mol. The van der Waals surface area contributed by atoms with Crippen LogP contribution in [0.15, 0.2) is 0 Å². The van der Waals surface area contributed by atoms with Crippen LogP contribution in [0, 0.1) is 5.92 Å². The van der Waals surface area contributed by atoms with Crippen molar-refractivity contribution in [2.45, 2.75) is 51.0 Å². The van der Waals surface area contributed by atoms with Crippen LogP contribution in [-0.4, -0.2) is 24.1 Å². The Bertz CT molecular complexity index is 291. The molecule has 1 spiro atoms. The van der Waals surface area contributed by atoms with Crippen molar-refractivity contribution in [2.75, 3.05) is 6.61 Å². The van der Waals surface area contributed by atoms with Crippen molar-refractivity contribution >= 4 is 11.9 Å². The number of hydrogen-bond acceptors (Lipinski definition) is 4. The molecule has 4 nitrogen and oxygen atoms in total. The molecule has 0 aromatic heterocycles. The molecule has 0 aromatic carbocycles. The molecule has 1 aliphatic heterocycles. The first-order valence-corrected chi connectivity index (χ1v) is 6.06. The van der Waals surface area contributed by atoms with Crippen molar-refractivity contribution in [3.05, 3.63) is 0 Å². The standard InChI is InChI=1S/C12H18O4/c1-2-15-11(14)9-8-10(13)16-12(9)6-4-3-5-7-12/h9H,2-8H2,1H3. The van der Waals surface area contributed by atoms with Crippen LogP contribution >= 0.6 is 0 Å². The third-order valence-electron chi connectivity index (χ3n) is 3.59. The van der Waals surface area contributed by atoms with Gasteiger partial charge in [0.15, 0.2) is 0 Å². The van der Waals surface area contributed by atoms with E-state index in [1.54, 1.807) is 6.92 Å². The van der Waals surface area contributed by atoms with E-state index in [0.29, 0.717) is 6.61 Å². The van der Waals surface area contributed by atoms with Crippen molar-refractivity contribution in [2.24, 2.45) is 5.92 Å². The zero-order valence-corrected chi connectivity index (χ0v) is 9.66. The van der Waals surface area contributed by atoms with Gasteiger partial charge in [-0.15, -0.1) is 0 Å². The lowest BCUT2D eigenvalue weighted by Crippen LogP contribution is -2.42. The fourth-order valence-corrected chi connectivity index (χ4v) is 2.83. The highest BCUT2D eigenvalue weighted by molar-refractivity contribution is 5.84. The van der Waals surface area contributed by atoms with Gasteiger partial charge in [-0.05, 0) is 32.6 Å². The second kappa shape index (κ2) is 4.44. The summed E-state index contributed by atoms with van der Waals surface area (Å²) in [7, 11) is 0. The SMILES string of the molecule is CCOC(=O)C1CC(=O)OC12CCCCC2. The molecule has 2 fully saturated rings. The van der Waals surface area contributed by atoms with Gasteiger partial charge in [-0.1, -0.05) is 6.42 Å². The molecule has 1 heterocycles. The first-order valence-electron chi connectivity index (χ1n) is 6.06. The molecule has 1 atom stereocenters. The molecule has 1 saturated carbocycles. The summed E-state index contributed by atoms with van der Waals surface area (Å²) < 4.78 is 10.5. The van der Waals surface area contributed by atoms with E-state index < -0.39 is 5.60 Å². The second-order valence-electron chi connectivity index (χ2n) is 4.61. The fraction of sp³-hybridized carbons (Fsp3) is 0.833. The van der Waals surface area contributed by atoms with Crippen LogP contribution in [0.4, 0.5) is 0 Å². The Balaban J connectivity index is 2.14. The molecule has 2 aliphatic rings. The minimum absolute atomic E-state index is 0.193. The van der Waals surface area contributed by atoms with Crippen molar-refractivity contribution in [3.8, 4) is 0 Å². The van der Waals surface area contributed by atoms with Gasteiger partial charge in [0.05, 0.1) is 13.0 Å². The normalized spacial score (nSPS) is 27.8. The molecule has 1 saturated heterocycles. The third-order valence-corrected chi connectivity index (χ3v) is 3.59. The quantitative estimate of drug-likeness (QED) is 0.674. The Kier molecular flexibility index (Phi) is 3.17. The first-order chi connectivity index (χ1) is 7.68. The molecule has 2 rings (SSSR count). The fourth-order valence-electron chi connectivity index (χ4n) is 2.83. The van der Waals surface area contributed by atoms with E-state index in [-0.39, 0.29) is 24.3 Å². The van der Waals surface area contributed by atoms with Crippen molar-refractivity contribution in [3.63, 3.8) is 0 Å². The van der Waals surface area contributed by atoms with E-state index in [1.807, 2.05) is 0 Å². The van der Waals surface area contributed by atoms with Crippen LogP contribution in [0.2, 0.25) is 0 Å². The lowest BCUT2D eigenvalue weighted by atomic mass is 9.76. The van der Waals surface area contributed by atoms with E-state index in [0.717, 1.165) is 32.1 Å². The van der Waals surface area contributed by atoms with Gasteiger partial charge in [-0.25, -0.2) is 0 Å². The minimum Gasteiger partial charge on any atom is -0.466 e. The number of rotatable bonds is 2. The number of hydrogen-bond donors (Lipinski definition) is 0. The molecular formula is C12H18O4. The molecule has 4 heteroatoms. The maximum Gasteiger partial charge on any atom is 0.313 e. The summed E-state index contributed by atoms with van der Waals surface area (Å²) >= 11 is 0. The predicted octanol–water partition coefficient (Wildman–Crippen LogP) is 1.82. The largest absolute Gasteiger partial charge is 0.466 e. The average Bonchev–Trinajstić information content (AvgIpc) is 2.57. The molecule has 90 valence electrons. The summed E-state index contributed by atoms with van der Waals surface area (Å²) in [5, 5.41) is 0. The van der Waals surface area contributed by atoms with Gasteiger partial charge in [-0.2, -0.15) is 0 Å². The van der Waals surface area contributed by atoms with Crippen LogP contribution in [0.3, 0.4) is 0 Å². The van der Waals surface area contributed by atoms with Crippen LogP contribution in [0.1, 0.15) is 45.4 Å². The van der Waals surface area contributed by atoms with E-state index in [9.17, 15) is 9.59 Å². The maximum absolute atomic E-state index is 11.8. The Morgan fingerprint density at radius 2 is 2.12 bits per heavy atom. The summed E-state index contributed by atoms with van der Waals surface area (Å²) in [4.78, 5) is 23.2. The number of ether oxygens (including phenoxy) is 2. The average molecular weight is 226 g/mol. The van der Waals surface area contributed by atoms with Crippen molar-refractivity contribution in [1.82, 2.24) is 0 Å². The number of carbonyl (C=O) groups is 2. The second-order valence-corrected chi connectivity index (χ2v) is 4.61. The van der Waals surface area contributed by atoms with Crippen LogP contribution in [0.5, 0.6) is 0 Å². The van der Waals surface area contributed by atoms with Gasteiger partial charge >= 0.3 is 11.9 Å². The molecule has 1 aliphatic carbocycles. The molecule has 0 bridgehead atoms. The summed E-state index contributed by atoms with van der Waals surface area (Å²) in [6.07, 6.45) is 5.03. The highest BCUT2D eigenvalue weighted by Gasteiger charge is 2.53. The number of carbonyl (C=O) groups excluding carboxylic acids is 2. The lowest BCUT2D eigenvalue weighted by Gasteiger charge is -2.35. The van der Waals surface area contributed by atoms with Crippen LogP contribution in [-0.2, 0) is 19.1 Å².